The summed E-state index contributed by atoms with van der Waals surface area (Å²) in [7, 11) is 14.2. The largest absolute Gasteiger partial charge is 1.00 e. The molecule has 8 heteroatoms. The van der Waals surface area contributed by atoms with E-state index in [1.165, 1.54) is 63.5 Å². The molecular formula is C54H84I2N4O2+2. The summed E-state index contributed by atoms with van der Waals surface area (Å²) in [4.78, 5) is 0. The molecule has 2 fully saturated rings. The summed E-state index contributed by atoms with van der Waals surface area (Å²) >= 11 is 0. The van der Waals surface area contributed by atoms with Gasteiger partial charge < -0.3 is 76.1 Å². The normalized spacial score (nSPS) is 20.3. The van der Waals surface area contributed by atoms with Crippen LogP contribution >= 0.6 is 0 Å². The lowest BCUT2D eigenvalue weighted by atomic mass is 9.74. The van der Waals surface area contributed by atoms with E-state index in [0.717, 1.165) is 93.5 Å². The Kier molecular flexibility index (Phi) is 21.6. The number of benzene rings is 4. The zero-order valence-electron chi connectivity index (χ0n) is 39.9. The highest BCUT2D eigenvalue weighted by molar-refractivity contribution is 5.27. The zero-order chi connectivity index (χ0) is 43.3. The van der Waals surface area contributed by atoms with Crippen LogP contribution in [0.4, 0.5) is 0 Å². The van der Waals surface area contributed by atoms with Gasteiger partial charge in [-0.3, -0.25) is 0 Å². The van der Waals surface area contributed by atoms with E-state index in [0.29, 0.717) is 0 Å². The molecule has 4 unspecified atom stereocenters. The molecule has 6 rings (SSSR count). The Hall–Kier alpha value is -1.90. The fraction of sp³-hybridized carbons (Fsp3) is 0.556. The van der Waals surface area contributed by atoms with Gasteiger partial charge in [-0.25, -0.2) is 0 Å². The average molecular weight is 1080 g/mol. The molecule has 0 bridgehead atoms. The summed E-state index contributed by atoms with van der Waals surface area (Å²) in [6.07, 6.45) is 7.79. The monoisotopic (exact) mass is 1070 g/mol. The molecule has 0 aromatic heterocycles. The highest BCUT2D eigenvalue weighted by Gasteiger charge is 2.46. The van der Waals surface area contributed by atoms with Crippen molar-refractivity contribution in [3.05, 3.63) is 144 Å². The summed E-state index contributed by atoms with van der Waals surface area (Å²) in [5.41, 5.74) is 3.23. The van der Waals surface area contributed by atoms with Crippen LogP contribution in [0.2, 0.25) is 0 Å². The summed E-state index contributed by atoms with van der Waals surface area (Å²) in [6, 6.07) is 42.4. The van der Waals surface area contributed by atoms with Gasteiger partial charge in [0.05, 0.1) is 66.6 Å². The molecule has 0 amide bonds. The summed E-state index contributed by atoms with van der Waals surface area (Å²) in [6.45, 7) is 16.0. The Balaban J connectivity index is 0.000000320. The first-order valence-electron chi connectivity index (χ1n) is 23.5. The number of rotatable bonds is 18. The van der Waals surface area contributed by atoms with Crippen LogP contribution in [0.1, 0.15) is 74.6 Å². The molecule has 0 spiro atoms. The Morgan fingerprint density at radius 2 is 0.710 bits per heavy atom. The highest BCUT2D eigenvalue weighted by Crippen LogP contribution is 2.40. The molecule has 2 aliphatic rings. The van der Waals surface area contributed by atoms with Gasteiger partial charge in [0.25, 0.3) is 0 Å². The molecule has 62 heavy (non-hydrogen) atoms. The van der Waals surface area contributed by atoms with Crippen LogP contribution in [0, 0.1) is 11.8 Å². The predicted octanol–water partition coefficient (Wildman–Crippen LogP) is 2.93. The molecule has 4 aromatic rings. The SMILES string of the molecule is CCCCC(O)(c1ccccc1)C(Cc1ccccc1)C[N+]1(C)CC[N+](C)(C)CC1.CCCCC(O)(c1ccccc1)C(Cc1ccccc1)C[N+]1(C)CC[N+](C)(C)CC1.[I-].[I-]. The van der Waals surface area contributed by atoms with Crippen LogP contribution in [0.15, 0.2) is 121 Å². The molecule has 6 nitrogen and oxygen atoms in total. The first-order valence-corrected chi connectivity index (χ1v) is 23.5. The van der Waals surface area contributed by atoms with E-state index in [-0.39, 0.29) is 59.8 Å². The quantitative estimate of drug-likeness (QED) is 0.119. The number of nitrogens with zero attached hydrogens (tertiary/aromatic N) is 4. The molecule has 2 N–H and O–H groups in total. The van der Waals surface area contributed by atoms with Gasteiger partial charge >= 0.3 is 0 Å². The molecule has 4 atom stereocenters. The Morgan fingerprint density at radius 3 is 0.984 bits per heavy atom. The van der Waals surface area contributed by atoms with Gasteiger partial charge in [0.15, 0.2) is 0 Å². The van der Waals surface area contributed by atoms with Crippen LogP contribution in [0.25, 0.3) is 0 Å². The predicted molar refractivity (Wildman–Crippen MR) is 252 cm³/mol. The lowest BCUT2D eigenvalue weighted by Gasteiger charge is -2.48. The van der Waals surface area contributed by atoms with Gasteiger partial charge in [-0.1, -0.05) is 161 Å². The maximum Gasteiger partial charge on any atom is 0.128 e. The van der Waals surface area contributed by atoms with Gasteiger partial charge in [-0.05, 0) is 47.9 Å². The average Bonchev–Trinajstić information content (AvgIpc) is 3.25. The first kappa shape index (κ1) is 54.4. The zero-order valence-corrected chi connectivity index (χ0v) is 44.2. The van der Waals surface area contributed by atoms with Crippen molar-refractivity contribution in [1.29, 1.82) is 0 Å². The fourth-order valence-electron chi connectivity index (χ4n) is 10.0. The maximum atomic E-state index is 12.3. The number of hydrogen-bond acceptors (Lipinski definition) is 2. The van der Waals surface area contributed by atoms with E-state index in [9.17, 15) is 10.2 Å². The van der Waals surface area contributed by atoms with Crippen LogP contribution in [-0.2, 0) is 24.0 Å². The highest BCUT2D eigenvalue weighted by atomic mass is 127. The number of unbranched alkanes of at least 4 members (excludes halogenated alkanes) is 2. The Bertz CT molecular complexity index is 1680. The second kappa shape index (κ2) is 24.6. The lowest BCUT2D eigenvalue weighted by Crippen LogP contribution is -3.00. The van der Waals surface area contributed by atoms with E-state index in [1.807, 2.05) is 0 Å². The molecule has 344 valence electrons. The molecule has 0 saturated carbocycles. The summed E-state index contributed by atoms with van der Waals surface area (Å²) in [5.74, 6) is 0.375. The number of halogens is 2. The number of likely N-dealkylation sites (N-methyl/N-ethyl adjacent to an activating group) is 4. The third kappa shape index (κ3) is 15.6. The summed E-state index contributed by atoms with van der Waals surface area (Å²) < 4.78 is 4.33. The van der Waals surface area contributed by atoms with Crippen LogP contribution in [-0.4, -0.2) is 136 Å². The minimum atomic E-state index is -0.795. The molecule has 2 heterocycles. The van der Waals surface area contributed by atoms with Gasteiger partial charge in [-0.2, -0.15) is 0 Å². The van der Waals surface area contributed by atoms with Gasteiger partial charge in [0.2, 0.25) is 0 Å². The summed E-state index contributed by atoms with van der Waals surface area (Å²) in [5, 5.41) is 24.5. The van der Waals surface area contributed by atoms with Crippen molar-refractivity contribution in [2.45, 2.75) is 76.4 Å². The molecule has 2 aliphatic heterocycles. The molecule has 0 radical (unpaired) electrons. The van der Waals surface area contributed by atoms with E-state index < -0.39 is 11.2 Å². The fourth-order valence-corrected chi connectivity index (χ4v) is 10.0. The number of quaternary nitrogens is 4. The second-order valence-corrected chi connectivity index (χ2v) is 20.8. The van der Waals surface area contributed by atoms with Gasteiger partial charge in [0, 0.05) is 11.8 Å². The van der Waals surface area contributed by atoms with Crippen LogP contribution < -0.4 is 48.0 Å². The third-order valence-corrected chi connectivity index (χ3v) is 14.7. The molecule has 4 aromatic carbocycles. The van der Waals surface area contributed by atoms with E-state index in [4.69, 9.17) is 0 Å². The van der Waals surface area contributed by atoms with E-state index in [1.54, 1.807) is 0 Å². The van der Waals surface area contributed by atoms with Crippen molar-refractivity contribution >= 4 is 0 Å². The minimum absolute atomic E-state index is 0. The Morgan fingerprint density at radius 1 is 0.435 bits per heavy atom. The lowest BCUT2D eigenvalue weighted by molar-refractivity contribution is -1.01. The number of piperazine rings is 2. The minimum Gasteiger partial charge on any atom is -1.00 e. The van der Waals surface area contributed by atoms with Crippen molar-refractivity contribution in [3.63, 3.8) is 0 Å². The van der Waals surface area contributed by atoms with Crippen LogP contribution in [0.5, 0.6) is 0 Å². The van der Waals surface area contributed by atoms with Gasteiger partial charge in [0.1, 0.15) is 52.4 Å². The molecular weight excluding hydrogens is 990 g/mol. The first-order chi connectivity index (χ1) is 28.5. The number of hydrogen-bond donors (Lipinski definition) is 2. The molecule has 2 saturated heterocycles. The van der Waals surface area contributed by atoms with Gasteiger partial charge in [-0.15, -0.1) is 0 Å². The van der Waals surface area contributed by atoms with E-state index in [2.05, 4.69) is 177 Å². The van der Waals surface area contributed by atoms with Crippen molar-refractivity contribution < 1.29 is 76.1 Å². The smallest absolute Gasteiger partial charge is 0.128 e. The topological polar surface area (TPSA) is 40.5 Å². The van der Waals surface area contributed by atoms with Crippen LogP contribution in [0.3, 0.4) is 0 Å². The Labute approximate surface area is 412 Å². The van der Waals surface area contributed by atoms with Crippen molar-refractivity contribution in [1.82, 2.24) is 0 Å². The number of aliphatic hydroxyl groups is 2. The van der Waals surface area contributed by atoms with Crippen molar-refractivity contribution in [3.8, 4) is 0 Å². The maximum absolute atomic E-state index is 12.3. The van der Waals surface area contributed by atoms with Crippen molar-refractivity contribution in [2.75, 3.05) is 108 Å². The third-order valence-electron chi connectivity index (χ3n) is 14.7. The van der Waals surface area contributed by atoms with Crippen molar-refractivity contribution in [2.24, 2.45) is 11.8 Å². The molecule has 0 aliphatic carbocycles. The second-order valence-electron chi connectivity index (χ2n) is 20.8. The standard InChI is InChI=1S/2C27H42N2O.2HI/c2*1-5-6-17-27(30,25-15-11-8-12-16-25)26(22-24-13-9-7-10-14-24)23-29(4)20-18-28(2,3)19-21-29;;/h2*7-16,26,30H,5-6,17-23H2,1-4H3;2*1H/q2*+2;;/p-2. The van der Waals surface area contributed by atoms with E-state index >= 15 is 0 Å².